The van der Waals surface area contributed by atoms with Crippen molar-refractivity contribution in [2.75, 3.05) is 0 Å². The van der Waals surface area contributed by atoms with Crippen molar-refractivity contribution in [3.63, 3.8) is 0 Å². The molecule has 36 rings (SSSR count). The van der Waals surface area contributed by atoms with E-state index in [4.69, 9.17) is 0 Å². The maximum atomic E-state index is 2.32. The SMILES string of the molecule is c1ccc(C(=C2c3ccc(cc3)C[n+]3ccc(cc3)-c3ccc(cc3)C3=C(c4ccc(cc4)-c4cc[n+](cc4)Cc4ccc2cc4)c2ccc(cc2)-c2cc[n+](cc2)Cc2ccc(cc2)C(=C(c2ccccc2)c2ccccc2)c2ccc(cc2)C[n+]2ccc(cc2)-c2ccc3cc2)c2ccccc2)cc1. The van der Waals surface area contributed by atoms with Crippen LogP contribution in [0.3, 0.4) is 0 Å². The van der Waals surface area contributed by atoms with Gasteiger partial charge in [0.15, 0.2) is 75.8 Å². The van der Waals surface area contributed by atoms with Crippen molar-refractivity contribution in [3.05, 3.63) is 503 Å². The van der Waals surface area contributed by atoms with Crippen molar-refractivity contribution in [1.82, 2.24) is 0 Å². The van der Waals surface area contributed by atoms with Gasteiger partial charge in [0.05, 0.1) is 0 Å². The van der Waals surface area contributed by atoms with Crippen molar-refractivity contribution < 1.29 is 18.3 Å². The lowest BCUT2D eigenvalue weighted by Crippen LogP contribution is -2.33. The number of benzene rings is 12. The van der Waals surface area contributed by atoms with Gasteiger partial charge in [-0.25, -0.2) is 18.3 Å². The molecule has 24 heterocycles. The lowest BCUT2D eigenvalue weighted by atomic mass is 9.84. The summed E-state index contributed by atoms with van der Waals surface area (Å²) in [5.41, 5.74) is 35.2. The Kier molecular flexibility index (Phi) is 17.7. The van der Waals surface area contributed by atoms with Crippen molar-refractivity contribution in [2.24, 2.45) is 0 Å². The zero-order chi connectivity index (χ0) is 70.5. The molecule has 0 atom stereocenters. The summed E-state index contributed by atoms with van der Waals surface area (Å²) in [4.78, 5) is 0. The van der Waals surface area contributed by atoms with Gasteiger partial charge < -0.3 is 0 Å². The zero-order valence-electron chi connectivity index (χ0n) is 58.9. The lowest BCUT2D eigenvalue weighted by Gasteiger charge is -2.19. The van der Waals surface area contributed by atoms with E-state index in [0.717, 1.165) is 104 Å². The maximum Gasteiger partial charge on any atom is 0.173 e. The van der Waals surface area contributed by atoms with Gasteiger partial charge in [0.25, 0.3) is 0 Å². The Morgan fingerprint density at radius 2 is 0.311 bits per heavy atom. The smallest absolute Gasteiger partial charge is 0.173 e. The molecular formula is C102H76N4+4. The largest absolute Gasteiger partial charge is 0.201 e. The van der Waals surface area contributed by atoms with Crippen molar-refractivity contribution in [3.8, 4) is 44.5 Å². The highest BCUT2D eigenvalue weighted by Gasteiger charge is 2.23. The number of nitrogens with zero attached hydrogens (tertiary/aromatic N) is 4. The van der Waals surface area contributed by atoms with E-state index in [9.17, 15) is 0 Å². The molecule has 16 aromatic rings. The third-order valence-electron chi connectivity index (χ3n) is 21.0. The van der Waals surface area contributed by atoms with Crippen LogP contribution < -0.4 is 18.3 Å². The molecule has 0 spiro atoms. The Hall–Kier alpha value is -13.5. The molecule has 500 valence electrons. The highest BCUT2D eigenvalue weighted by molar-refractivity contribution is 6.07. The van der Waals surface area contributed by atoms with E-state index in [1.807, 2.05) is 0 Å². The number of rotatable bonds is 4. The topological polar surface area (TPSA) is 15.5 Å². The summed E-state index contributed by atoms with van der Waals surface area (Å²) in [6.07, 6.45) is 17.7. The van der Waals surface area contributed by atoms with Crippen molar-refractivity contribution in [2.45, 2.75) is 26.2 Å². The fraction of sp³-hybridized carbons (Fsp3) is 0.0392. The lowest BCUT2D eigenvalue weighted by molar-refractivity contribution is -0.688. The minimum absolute atomic E-state index is 0.736. The van der Waals surface area contributed by atoms with Crippen LogP contribution in [-0.2, 0) is 26.2 Å². The van der Waals surface area contributed by atoms with E-state index >= 15 is 0 Å². The maximum absolute atomic E-state index is 2.32. The Balaban J connectivity index is 0.739. The van der Waals surface area contributed by atoms with E-state index in [2.05, 4.69) is 432 Å². The van der Waals surface area contributed by atoms with Crippen LogP contribution in [0, 0.1) is 0 Å². The van der Waals surface area contributed by atoms with Crippen LogP contribution in [-0.4, -0.2) is 0 Å². The number of pyridine rings is 4. The fourth-order valence-electron chi connectivity index (χ4n) is 15.4. The Labute approximate surface area is 621 Å². The second-order valence-corrected chi connectivity index (χ2v) is 27.8. The quantitative estimate of drug-likeness (QED) is 0.156. The average Bonchev–Trinajstić information content (AvgIpc) is 0.989. The Morgan fingerprint density at radius 3 is 0.500 bits per heavy atom. The molecular weight excluding hydrogens is 1280 g/mol. The molecule has 0 saturated carbocycles. The van der Waals surface area contributed by atoms with Gasteiger partial charge in [0, 0.05) is 70.8 Å². The van der Waals surface area contributed by atoms with Crippen LogP contribution in [0.4, 0.5) is 0 Å². The number of hydrogen-bond donors (Lipinski definition) is 0. The highest BCUT2D eigenvalue weighted by Crippen LogP contribution is 2.42. The number of aromatic nitrogens is 4. The van der Waals surface area contributed by atoms with E-state index in [1.165, 1.54) is 89.1 Å². The van der Waals surface area contributed by atoms with Gasteiger partial charge in [-0.15, -0.1) is 0 Å². The molecule has 20 aliphatic heterocycles. The Bertz CT molecular complexity index is 5120. The molecule has 0 aliphatic carbocycles. The molecule has 20 aliphatic rings. The summed E-state index contributed by atoms with van der Waals surface area (Å²) in [6.45, 7) is 2.94. The molecule has 0 unspecified atom stereocenters. The van der Waals surface area contributed by atoms with E-state index < -0.39 is 0 Å². The van der Waals surface area contributed by atoms with Gasteiger partial charge in [0.2, 0.25) is 0 Å². The first-order valence-electron chi connectivity index (χ1n) is 36.7. The summed E-state index contributed by atoms with van der Waals surface area (Å²) in [7, 11) is 0. The molecule has 0 saturated heterocycles. The molecule has 0 fully saturated rings. The summed E-state index contributed by atoms with van der Waals surface area (Å²) < 4.78 is 9.11. The molecule has 106 heavy (non-hydrogen) atoms. The molecule has 24 bridgehead atoms. The van der Waals surface area contributed by atoms with Crippen LogP contribution >= 0.6 is 0 Å². The molecule has 0 amide bonds. The third kappa shape index (κ3) is 13.6. The minimum atomic E-state index is 0.736. The second kappa shape index (κ2) is 29.1. The van der Waals surface area contributed by atoms with Crippen molar-refractivity contribution in [1.29, 1.82) is 0 Å². The monoisotopic (exact) mass is 1360 g/mol. The summed E-state index contributed by atoms with van der Waals surface area (Å²) >= 11 is 0. The van der Waals surface area contributed by atoms with Crippen LogP contribution in [0.5, 0.6) is 0 Å². The zero-order valence-corrected chi connectivity index (χ0v) is 58.9. The van der Waals surface area contributed by atoms with E-state index in [1.54, 1.807) is 0 Å². The van der Waals surface area contributed by atoms with Gasteiger partial charge >= 0.3 is 0 Å². The summed E-state index contributed by atoms with van der Waals surface area (Å²) in [6, 6.07) is 135. The van der Waals surface area contributed by atoms with Gasteiger partial charge in [-0.3, -0.25) is 0 Å². The minimum Gasteiger partial charge on any atom is -0.201 e. The van der Waals surface area contributed by atoms with Crippen LogP contribution in [0.2, 0.25) is 0 Å². The van der Waals surface area contributed by atoms with E-state index in [0.29, 0.717) is 0 Å². The molecule has 0 N–H and O–H groups in total. The Morgan fingerprint density at radius 1 is 0.151 bits per heavy atom. The predicted molar refractivity (Wildman–Crippen MR) is 431 cm³/mol. The first-order chi connectivity index (χ1) is 52.5. The molecule has 12 aromatic carbocycles. The summed E-state index contributed by atoms with van der Waals surface area (Å²) in [5, 5.41) is 0. The van der Waals surface area contributed by atoms with Crippen LogP contribution in [0.15, 0.2) is 414 Å². The highest BCUT2D eigenvalue weighted by atomic mass is 14.9. The molecule has 0 radical (unpaired) electrons. The molecule has 4 aromatic heterocycles. The number of hydrogen-bond acceptors (Lipinski definition) is 0. The first kappa shape index (κ1) is 64.6. The van der Waals surface area contributed by atoms with Gasteiger partial charge in [-0.05, 0) is 145 Å². The summed E-state index contributed by atoms with van der Waals surface area (Å²) in [5.74, 6) is 0. The molecule has 4 heteroatoms. The standard InChI is InChI=1S/C102H76N4/c1-5-13-85(14-6-1)97(86-15-7-2-8-16-86)99-89-29-21-73(22-30-89)69-103-61-53-81(54-62-103)77-37-45-93(46-38-77)101-95-49-41-79(42-50-95)83-57-65-105(66-58-83)71-75-25-33-91(34-26-75)100(98(87-17-9-3-10-18-87)88-19-11-4-12-20-88)92-35-27-76(28-36-92)72-106-67-59-84(60-68-106)80-43-51-96(52-44-80)102(101)94-47-39-78(40-48-94)82-55-63-104(64-56-82)70-74-23-31-90(99)32-24-74/h1-68H,69-72H2/q+4. The van der Waals surface area contributed by atoms with Gasteiger partial charge in [-0.1, -0.05) is 315 Å². The normalized spacial score (nSPS) is 12.5. The van der Waals surface area contributed by atoms with E-state index in [-0.39, 0.29) is 0 Å². The first-order valence-corrected chi connectivity index (χ1v) is 36.7. The van der Waals surface area contributed by atoms with Crippen LogP contribution in [0.1, 0.15) is 89.0 Å². The average molecular weight is 1360 g/mol. The van der Waals surface area contributed by atoms with Crippen LogP contribution in [0.25, 0.3) is 77.9 Å². The second-order valence-electron chi connectivity index (χ2n) is 27.8. The fourth-order valence-corrected chi connectivity index (χ4v) is 15.4. The van der Waals surface area contributed by atoms with Gasteiger partial charge in [0.1, 0.15) is 0 Å². The molecule has 4 nitrogen and oxygen atoms in total. The third-order valence-corrected chi connectivity index (χ3v) is 21.0. The van der Waals surface area contributed by atoms with Crippen molar-refractivity contribution >= 4 is 33.4 Å². The predicted octanol–water partition coefficient (Wildman–Crippen LogP) is 21.3. The van der Waals surface area contributed by atoms with Gasteiger partial charge in [-0.2, -0.15) is 0 Å².